The number of benzene rings is 2. The predicted molar refractivity (Wildman–Crippen MR) is 104 cm³/mol. The van der Waals surface area contributed by atoms with Gasteiger partial charge in [-0.15, -0.1) is 0 Å². The topological polar surface area (TPSA) is 41.3 Å². The third kappa shape index (κ3) is 3.85. The summed E-state index contributed by atoms with van der Waals surface area (Å²) in [6.07, 6.45) is 0. The summed E-state index contributed by atoms with van der Waals surface area (Å²) < 4.78 is 5.42. The Bertz CT molecular complexity index is 790. The third-order valence-corrected chi connectivity index (χ3v) is 4.50. The van der Waals surface area contributed by atoms with Crippen molar-refractivity contribution in [3.8, 4) is 11.3 Å². The summed E-state index contributed by atoms with van der Waals surface area (Å²) in [6, 6.07) is 18.7. The van der Waals surface area contributed by atoms with Crippen LogP contribution in [0.15, 0.2) is 59.1 Å². The second kappa shape index (κ2) is 7.88. The van der Waals surface area contributed by atoms with Gasteiger partial charge in [-0.25, -0.2) is 0 Å². The highest BCUT2D eigenvalue weighted by Crippen LogP contribution is 2.26. The number of rotatable bonds is 7. The fourth-order valence-electron chi connectivity index (χ4n) is 2.99. The standard InChI is InChI=1S/C21H25N3O/c1-4-24(5-2)19-13-11-18(12-14-19)22-15-20-16(3)25-23-21(20)17-9-7-6-8-10-17/h6-14,22H,4-5,15H2,1-3H3. The quantitative estimate of drug-likeness (QED) is 0.651. The Labute approximate surface area is 149 Å². The van der Waals surface area contributed by atoms with Crippen molar-refractivity contribution in [3.05, 3.63) is 65.9 Å². The predicted octanol–water partition coefficient (Wildman–Crippen LogP) is 5.11. The summed E-state index contributed by atoms with van der Waals surface area (Å²) in [5.74, 6) is 0.853. The van der Waals surface area contributed by atoms with Gasteiger partial charge in [0.25, 0.3) is 0 Å². The monoisotopic (exact) mass is 335 g/mol. The molecular formula is C21H25N3O. The van der Waals surface area contributed by atoms with Gasteiger partial charge in [0.05, 0.1) is 0 Å². The van der Waals surface area contributed by atoms with Crippen LogP contribution in [-0.4, -0.2) is 18.2 Å². The Morgan fingerprint density at radius 2 is 1.64 bits per heavy atom. The number of aromatic nitrogens is 1. The first kappa shape index (κ1) is 17.1. The Morgan fingerprint density at radius 3 is 2.28 bits per heavy atom. The second-order valence-electron chi connectivity index (χ2n) is 6.00. The summed E-state index contributed by atoms with van der Waals surface area (Å²) in [6.45, 7) is 9.03. The Hall–Kier alpha value is -2.75. The maximum absolute atomic E-state index is 5.42. The van der Waals surface area contributed by atoms with Gasteiger partial charge in [0.15, 0.2) is 0 Å². The summed E-state index contributed by atoms with van der Waals surface area (Å²) in [5.41, 5.74) is 5.43. The molecule has 3 rings (SSSR count). The molecule has 25 heavy (non-hydrogen) atoms. The largest absolute Gasteiger partial charge is 0.381 e. The Kier molecular flexibility index (Phi) is 5.39. The van der Waals surface area contributed by atoms with E-state index < -0.39 is 0 Å². The number of nitrogens with zero attached hydrogens (tertiary/aromatic N) is 2. The van der Waals surface area contributed by atoms with Crippen LogP contribution in [0.5, 0.6) is 0 Å². The minimum Gasteiger partial charge on any atom is -0.381 e. The number of hydrogen-bond acceptors (Lipinski definition) is 4. The van der Waals surface area contributed by atoms with Crippen LogP contribution in [0.4, 0.5) is 11.4 Å². The van der Waals surface area contributed by atoms with Crippen LogP contribution in [0.2, 0.25) is 0 Å². The van der Waals surface area contributed by atoms with Gasteiger partial charge in [-0.1, -0.05) is 35.5 Å². The van der Waals surface area contributed by atoms with Crippen LogP contribution >= 0.6 is 0 Å². The normalized spacial score (nSPS) is 10.7. The van der Waals surface area contributed by atoms with Crippen LogP contribution in [-0.2, 0) is 6.54 Å². The first-order valence-corrected chi connectivity index (χ1v) is 8.82. The smallest absolute Gasteiger partial charge is 0.139 e. The lowest BCUT2D eigenvalue weighted by Crippen LogP contribution is -2.21. The fourth-order valence-corrected chi connectivity index (χ4v) is 2.99. The third-order valence-electron chi connectivity index (χ3n) is 4.50. The molecule has 0 unspecified atom stereocenters. The molecule has 130 valence electrons. The van der Waals surface area contributed by atoms with E-state index in [4.69, 9.17) is 4.52 Å². The maximum atomic E-state index is 5.42. The Balaban J connectivity index is 1.73. The number of anilines is 2. The van der Waals surface area contributed by atoms with E-state index in [0.717, 1.165) is 41.4 Å². The summed E-state index contributed by atoms with van der Waals surface area (Å²) in [7, 11) is 0. The van der Waals surface area contributed by atoms with E-state index in [9.17, 15) is 0 Å². The van der Waals surface area contributed by atoms with Crippen molar-refractivity contribution in [2.45, 2.75) is 27.3 Å². The van der Waals surface area contributed by atoms with Crippen LogP contribution in [0.3, 0.4) is 0 Å². The zero-order valence-corrected chi connectivity index (χ0v) is 15.1. The van der Waals surface area contributed by atoms with Crippen molar-refractivity contribution in [2.75, 3.05) is 23.3 Å². The van der Waals surface area contributed by atoms with Crippen molar-refractivity contribution in [3.63, 3.8) is 0 Å². The highest BCUT2D eigenvalue weighted by atomic mass is 16.5. The molecule has 0 aliphatic carbocycles. The van der Waals surface area contributed by atoms with Gasteiger partial charge >= 0.3 is 0 Å². The van der Waals surface area contributed by atoms with Crippen LogP contribution < -0.4 is 10.2 Å². The molecular weight excluding hydrogens is 310 g/mol. The summed E-state index contributed by atoms with van der Waals surface area (Å²) in [5, 5.41) is 7.72. The fraction of sp³-hybridized carbons (Fsp3) is 0.286. The lowest BCUT2D eigenvalue weighted by atomic mass is 10.1. The van der Waals surface area contributed by atoms with Crippen molar-refractivity contribution >= 4 is 11.4 Å². The molecule has 4 heteroatoms. The zero-order valence-electron chi connectivity index (χ0n) is 15.1. The van der Waals surface area contributed by atoms with E-state index >= 15 is 0 Å². The van der Waals surface area contributed by atoms with Crippen LogP contribution in [0.25, 0.3) is 11.3 Å². The van der Waals surface area contributed by atoms with E-state index in [1.54, 1.807) is 0 Å². The molecule has 0 radical (unpaired) electrons. The molecule has 3 aromatic rings. The Morgan fingerprint density at radius 1 is 0.960 bits per heavy atom. The van der Waals surface area contributed by atoms with Gasteiger partial charge in [0.2, 0.25) is 0 Å². The van der Waals surface area contributed by atoms with Crippen molar-refractivity contribution < 1.29 is 4.52 Å². The molecule has 0 spiro atoms. The summed E-state index contributed by atoms with van der Waals surface area (Å²) >= 11 is 0. The molecule has 0 aliphatic rings. The van der Waals surface area contributed by atoms with Gasteiger partial charge in [-0.3, -0.25) is 0 Å². The number of nitrogens with one attached hydrogen (secondary N) is 1. The highest BCUT2D eigenvalue weighted by molar-refractivity contribution is 5.64. The van der Waals surface area contributed by atoms with Crippen molar-refractivity contribution in [2.24, 2.45) is 0 Å². The van der Waals surface area contributed by atoms with Gasteiger partial charge in [0, 0.05) is 42.1 Å². The van der Waals surface area contributed by atoms with E-state index in [0.29, 0.717) is 6.54 Å². The molecule has 4 nitrogen and oxygen atoms in total. The summed E-state index contributed by atoms with van der Waals surface area (Å²) in [4.78, 5) is 2.33. The molecule has 0 amide bonds. The second-order valence-corrected chi connectivity index (χ2v) is 6.00. The molecule has 0 saturated heterocycles. The molecule has 0 fully saturated rings. The number of hydrogen-bond donors (Lipinski definition) is 1. The molecule has 0 bridgehead atoms. The molecule has 1 heterocycles. The van der Waals surface area contributed by atoms with E-state index in [1.165, 1.54) is 5.69 Å². The SMILES string of the molecule is CCN(CC)c1ccc(NCc2c(-c3ccccc3)noc2C)cc1. The molecule has 2 aromatic carbocycles. The lowest BCUT2D eigenvalue weighted by molar-refractivity contribution is 0.398. The van der Waals surface area contributed by atoms with Gasteiger partial charge in [-0.2, -0.15) is 0 Å². The molecule has 1 N–H and O–H groups in total. The van der Waals surface area contributed by atoms with Crippen LogP contribution in [0.1, 0.15) is 25.2 Å². The van der Waals surface area contributed by atoms with Crippen molar-refractivity contribution in [1.29, 1.82) is 0 Å². The minimum atomic E-state index is 0.685. The average molecular weight is 335 g/mol. The van der Waals surface area contributed by atoms with Crippen molar-refractivity contribution in [1.82, 2.24) is 5.16 Å². The molecule has 1 aromatic heterocycles. The maximum Gasteiger partial charge on any atom is 0.139 e. The highest BCUT2D eigenvalue weighted by Gasteiger charge is 2.14. The van der Waals surface area contributed by atoms with Gasteiger partial charge in [0.1, 0.15) is 11.5 Å². The first-order chi connectivity index (χ1) is 12.2. The zero-order chi connectivity index (χ0) is 17.6. The first-order valence-electron chi connectivity index (χ1n) is 8.82. The van der Waals surface area contributed by atoms with E-state index in [-0.39, 0.29) is 0 Å². The molecule has 0 aliphatic heterocycles. The average Bonchev–Trinajstić information content (AvgIpc) is 3.03. The lowest BCUT2D eigenvalue weighted by Gasteiger charge is -2.21. The molecule has 0 atom stereocenters. The number of aryl methyl sites for hydroxylation is 1. The molecule has 0 saturated carbocycles. The van der Waals surface area contributed by atoms with E-state index in [1.807, 2.05) is 25.1 Å². The van der Waals surface area contributed by atoms with Gasteiger partial charge in [-0.05, 0) is 45.0 Å². The van der Waals surface area contributed by atoms with E-state index in [2.05, 4.69) is 65.6 Å². The van der Waals surface area contributed by atoms with Crippen LogP contribution in [0, 0.1) is 6.92 Å². The minimum absolute atomic E-state index is 0.685. The van der Waals surface area contributed by atoms with Gasteiger partial charge < -0.3 is 14.7 Å².